The lowest BCUT2D eigenvalue weighted by molar-refractivity contribution is -0.137. The number of piperazine rings is 1. The second-order valence-corrected chi connectivity index (χ2v) is 7.87. The minimum absolute atomic E-state index is 0.394. The Bertz CT molecular complexity index is 1070. The van der Waals surface area contributed by atoms with Gasteiger partial charge in [0.25, 0.3) is 0 Å². The van der Waals surface area contributed by atoms with Gasteiger partial charge in [-0.1, -0.05) is 0 Å². The highest BCUT2D eigenvalue weighted by molar-refractivity contribution is 5.84. The molecule has 0 unspecified atom stereocenters. The fourth-order valence-corrected chi connectivity index (χ4v) is 4.07. The standard InChI is InChI=1S/C23H24F3N5/c24-23(25,26)19-6-7-28-22(14-19)31-11-9-30(10-12-31)8-2-1-3-18-16-29-21-5-4-17(15-27)13-20(18)21/h4-7,13-14,16,29H,1-3,8-12H2. The molecule has 8 heteroatoms. The molecule has 5 nitrogen and oxygen atoms in total. The first-order chi connectivity index (χ1) is 14.9. The maximum absolute atomic E-state index is 12.9. The summed E-state index contributed by atoms with van der Waals surface area (Å²) >= 11 is 0. The van der Waals surface area contributed by atoms with Crippen molar-refractivity contribution in [2.75, 3.05) is 37.6 Å². The summed E-state index contributed by atoms with van der Waals surface area (Å²) < 4.78 is 38.8. The smallest absolute Gasteiger partial charge is 0.361 e. The number of pyridine rings is 1. The molecule has 0 bridgehead atoms. The molecule has 0 spiro atoms. The van der Waals surface area contributed by atoms with E-state index in [0.717, 1.165) is 61.9 Å². The first kappa shape index (κ1) is 21.2. The zero-order chi connectivity index (χ0) is 21.8. The van der Waals surface area contributed by atoms with Gasteiger partial charge in [0.1, 0.15) is 5.82 Å². The lowest BCUT2D eigenvalue weighted by Gasteiger charge is -2.35. The number of aryl methyl sites for hydroxylation is 1. The fourth-order valence-electron chi connectivity index (χ4n) is 4.07. The van der Waals surface area contributed by atoms with Crippen molar-refractivity contribution >= 4 is 16.7 Å². The Kier molecular flexibility index (Phi) is 6.14. The Morgan fingerprint density at radius 1 is 1.06 bits per heavy atom. The molecule has 3 aromatic rings. The summed E-state index contributed by atoms with van der Waals surface area (Å²) in [7, 11) is 0. The number of aromatic nitrogens is 2. The number of benzene rings is 1. The molecule has 3 heterocycles. The van der Waals surface area contributed by atoms with Crippen LogP contribution >= 0.6 is 0 Å². The number of nitrogens with zero attached hydrogens (tertiary/aromatic N) is 4. The zero-order valence-corrected chi connectivity index (χ0v) is 17.1. The summed E-state index contributed by atoms with van der Waals surface area (Å²) in [6, 6.07) is 10.0. The normalized spacial score (nSPS) is 15.4. The monoisotopic (exact) mass is 427 g/mol. The molecule has 1 aliphatic heterocycles. The zero-order valence-electron chi connectivity index (χ0n) is 17.1. The van der Waals surface area contributed by atoms with Gasteiger partial charge >= 0.3 is 6.18 Å². The number of hydrogen-bond acceptors (Lipinski definition) is 4. The number of hydrogen-bond donors (Lipinski definition) is 1. The van der Waals surface area contributed by atoms with Crippen LogP contribution in [0.25, 0.3) is 10.9 Å². The van der Waals surface area contributed by atoms with Crippen LogP contribution < -0.4 is 4.90 Å². The predicted molar refractivity (Wildman–Crippen MR) is 114 cm³/mol. The molecule has 0 atom stereocenters. The minimum Gasteiger partial charge on any atom is -0.361 e. The molecule has 0 radical (unpaired) electrons. The van der Waals surface area contributed by atoms with Crippen molar-refractivity contribution in [3.63, 3.8) is 0 Å². The highest BCUT2D eigenvalue weighted by atomic mass is 19.4. The van der Waals surface area contributed by atoms with Crippen LogP contribution in [-0.2, 0) is 12.6 Å². The van der Waals surface area contributed by atoms with Crippen molar-refractivity contribution in [3.8, 4) is 6.07 Å². The van der Waals surface area contributed by atoms with Gasteiger partial charge in [-0.15, -0.1) is 0 Å². The lowest BCUT2D eigenvalue weighted by atomic mass is 10.1. The maximum Gasteiger partial charge on any atom is 0.416 e. The number of fused-ring (bicyclic) bond motifs is 1. The molecule has 0 saturated carbocycles. The number of H-pyrrole nitrogens is 1. The quantitative estimate of drug-likeness (QED) is 0.584. The van der Waals surface area contributed by atoms with Crippen molar-refractivity contribution in [3.05, 3.63) is 59.4 Å². The highest BCUT2D eigenvalue weighted by Gasteiger charge is 2.31. The van der Waals surface area contributed by atoms with Crippen LogP contribution in [-0.4, -0.2) is 47.6 Å². The minimum atomic E-state index is -4.35. The largest absolute Gasteiger partial charge is 0.416 e. The van der Waals surface area contributed by atoms with E-state index in [-0.39, 0.29) is 0 Å². The molecule has 2 aromatic heterocycles. The summed E-state index contributed by atoms with van der Waals surface area (Å²) in [5.41, 5.74) is 2.29. The van der Waals surface area contributed by atoms with Crippen LogP contribution in [0, 0.1) is 11.3 Å². The Hall–Kier alpha value is -3.05. The number of anilines is 1. The van der Waals surface area contributed by atoms with E-state index < -0.39 is 11.7 Å². The Balaban J connectivity index is 1.24. The molecule has 1 aromatic carbocycles. The van der Waals surface area contributed by atoms with E-state index in [1.54, 1.807) is 0 Å². The van der Waals surface area contributed by atoms with Gasteiger partial charge in [0, 0.05) is 49.5 Å². The van der Waals surface area contributed by atoms with Gasteiger partial charge in [-0.25, -0.2) is 4.98 Å². The molecule has 162 valence electrons. The van der Waals surface area contributed by atoms with Gasteiger partial charge in [0.15, 0.2) is 0 Å². The molecular formula is C23H24F3N5. The van der Waals surface area contributed by atoms with Crippen molar-refractivity contribution in [2.45, 2.75) is 25.4 Å². The molecule has 4 rings (SSSR count). The molecular weight excluding hydrogens is 403 g/mol. The predicted octanol–water partition coefficient (Wildman–Crippen LogP) is 4.60. The summed E-state index contributed by atoms with van der Waals surface area (Å²) in [5, 5.41) is 10.2. The van der Waals surface area contributed by atoms with Gasteiger partial charge in [0.05, 0.1) is 17.2 Å². The average Bonchev–Trinajstić information content (AvgIpc) is 3.19. The number of halogens is 3. The van der Waals surface area contributed by atoms with E-state index in [1.165, 1.54) is 11.8 Å². The van der Waals surface area contributed by atoms with Crippen molar-refractivity contribution < 1.29 is 13.2 Å². The summed E-state index contributed by atoms with van der Waals surface area (Å²) in [6.45, 7) is 3.95. The summed E-state index contributed by atoms with van der Waals surface area (Å²) in [5.74, 6) is 0.394. The van der Waals surface area contributed by atoms with Crippen LogP contribution in [0.15, 0.2) is 42.7 Å². The lowest BCUT2D eigenvalue weighted by Crippen LogP contribution is -2.47. The van der Waals surface area contributed by atoms with Crippen LogP contribution in [0.5, 0.6) is 0 Å². The number of rotatable bonds is 6. The number of nitrogens with one attached hydrogen (secondary N) is 1. The summed E-state index contributed by atoms with van der Waals surface area (Å²) in [6.07, 6.45) is 1.94. The van der Waals surface area contributed by atoms with Gasteiger partial charge < -0.3 is 9.88 Å². The first-order valence-corrected chi connectivity index (χ1v) is 10.4. The number of nitriles is 1. The van der Waals surface area contributed by atoms with E-state index >= 15 is 0 Å². The maximum atomic E-state index is 12.9. The highest BCUT2D eigenvalue weighted by Crippen LogP contribution is 2.31. The summed E-state index contributed by atoms with van der Waals surface area (Å²) in [4.78, 5) is 11.7. The van der Waals surface area contributed by atoms with E-state index in [9.17, 15) is 13.2 Å². The molecule has 1 saturated heterocycles. The Morgan fingerprint density at radius 2 is 1.87 bits per heavy atom. The van der Waals surface area contributed by atoms with E-state index in [2.05, 4.69) is 20.9 Å². The third-order valence-corrected chi connectivity index (χ3v) is 5.84. The fraction of sp³-hybridized carbons (Fsp3) is 0.391. The average molecular weight is 427 g/mol. The van der Waals surface area contributed by atoms with Crippen LogP contribution in [0.1, 0.15) is 29.5 Å². The third-order valence-electron chi connectivity index (χ3n) is 5.84. The van der Waals surface area contributed by atoms with E-state index in [1.807, 2.05) is 29.3 Å². The molecule has 1 N–H and O–H groups in total. The van der Waals surface area contributed by atoms with Crippen molar-refractivity contribution in [1.29, 1.82) is 5.26 Å². The molecule has 0 amide bonds. The molecule has 0 aliphatic carbocycles. The second kappa shape index (κ2) is 8.98. The number of unbranched alkanes of at least 4 members (excludes halogenated alkanes) is 1. The third kappa shape index (κ3) is 5.00. The van der Waals surface area contributed by atoms with E-state index in [4.69, 9.17) is 5.26 Å². The van der Waals surface area contributed by atoms with Crippen LogP contribution in [0.2, 0.25) is 0 Å². The van der Waals surface area contributed by atoms with E-state index in [0.29, 0.717) is 24.5 Å². The van der Waals surface area contributed by atoms with Gasteiger partial charge in [0.2, 0.25) is 0 Å². The van der Waals surface area contributed by atoms with Crippen molar-refractivity contribution in [2.24, 2.45) is 0 Å². The molecule has 31 heavy (non-hydrogen) atoms. The van der Waals surface area contributed by atoms with Crippen molar-refractivity contribution in [1.82, 2.24) is 14.9 Å². The topological polar surface area (TPSA) is 59.0 Å². The number of alkyl halides is 3. The molecule has 1 aliphatic rings. The SMILES string of the molecule is N#Cc1ccc2[nH]cc(CCCCN3CCN(c4cc(C(F)(F)F)ccn4)CC3)c2c1. The second-order valence-electron chi connectivity index (χ2n) is 7.87. The molecule has 1 fully saturated rings. The first-order valence-electron chi connectivity index (χ1n) is 10.4. The van der Waals surface area contributed by atoms with Crippen LogP contribution in [0.4, 0.5) is 19.0 Å². The number of aromatic amines is 1. The van der Waals surface area contributed by atoms with Gasteiger partial charge in [-0.05, 0) is 61.7 Å². The Morgan fingerprint density at radius 3 is 2.61 bits per heavy atom. The van der Waals surface area contributed by atoms with Gasteiger partial charge in [-0.3, -0.25) is 4.90 Å². The van der Waals surface area contributed by atoms with Crippen LogP contribution in [0.3, 0.4) is 0 Å². The Labute approximate surface area is 179 Å². The van der Waals surface area contributed by atoms with Gasteiger partial charge in [-0.2, -0.15) is 18.4 Å².